The topological polar surface area (TPSA) is 15.3 Å². The maximum atomic E-state index is 5.13. The predicted octanol–water partition coefficient (Wildman–Crippen LogP) is 1.33. The first-order chi connectivity index (χ1) is 6.26. The Labute approximate surface area is 82.7 Å². The van der Waals surface area contributed by atoms with Crippen molar-refractivity contribution in [2.45, 2.75) is 32.7 Å². The lowest BCUT2D eigenvalue weighted by atomic mass is 10.1. The van der Waals surface area contributed by atoms with E-state index < -0.39 is 0 Å². The maximum absolute atomic E-state index is 5.13. The van der Waals surface area contributed by atoms with Gasteiger partial charge in [-0.2, -0.15) is 0 Å². The minimum atomic E-state index is 0.677. The maximum Gasteiger partial charge on any atom is 0.0574 e. The quantitative estimate of drug-likeness (QED) is 0.472. The summed E-state index contributed by atoms with van der Waals surface area (Å²) < 4.78 is 0. The van der Waals surface area contributed by atoms with Crippen LogP contribution < -0.4 is 5.32 Å². The molecule has 0 rings (SSSR count). The molecule has 0 radical (unpaired) electrons. The van der Waals surface area contributed by atoms with Gasteiger partial charge in [-0.3, -0.25) is 0 Å². The molecule has 13 heavy (non-hydrogen) atoms. The first-order valence-electron chi connectivity index (χ1n) is 5.10. The lowest BCUT2D eigenvalue weighted by Crippen LogP contribution is -2.36. The highest BCUT2D eigenvalue weighted by Crippen LogP contribution is 2.04. The number of likely N-dealkylation sites (N-methyl/N-ethyl adjacent to an activating group) is 1. The van der Waals surface area contributed by atoms with Crippen LogP contribution in [-0.4, -0.2) is 37.6 Å². The summed E-state index contributed by atoms with van der Waals surface area (Å²) in [5, 5.41) is 3.19. The third-order valence-electron chi connectivity index (χ3n) is 2.43. The zero-order chi connectivity index (χ0) is 10.1. The number of hydrogen-bond donors (Lipinski definition) is 1. The molecule has 0 atom stereocenters. The van der Waals surface area contributed by atoms with Crippen molar-refractivity contribution in [3.05, 3.63) is 0 Å². The van der Waals surface area contributed by atoms with E-state index in [2.05, 4.69) is 37.0 Å². The van der Waals surface area contributed by atoms with E-state index in [9.17, 15) is 0 Å². The van der Waals surface area contributed by atoms with Crippen LogP contribution in [0.15, 0.2) is 0 Å². The minimum Gasteiger partial charge on any atom is -0.305 e. The number of nitrogens with one attached hydrogen (secondary N) is 1. The molecule has 0 aliphatic rings. The van der Waals surface area contributed by atoms with Gasteiger partial charge in [-0.05, 0) is 19.9 Å². The predicted molar refractivity (Wildman–Crippen MR) is 58.7 cm³/mol. The van der Waals surface area contributed by atoms with Crippen molar-refractivity contribution in [1.82, 2.24) is 10.2 Å². The molecule has 2 heteroatoms. The average molecular weight is 182 g/mol. The second kappa shape index (κ2) is 8.10. The molecule has 0 fully saturated rings. The highest BCUT2D eigenvalue weighted by molar-refractivity contribution is 4.86. The van der Waals surface area contributed by atoms with Gasteiger partial charge >= 0.3 is 0 Å². The molecule has 0 aliphatic heterocycles. The lowest BCUT2D eigenvalue weighted by Gasteiger charge is -2.25. The van der Waals surface area contributed by atoms with Crippen LogP contribution in [0.3, 0.4) is 0 Å². The minimum absolute atomic E-state index is 0.677. The third-order valence-corrected chi connectivity index (χ3v) is 2.43. The zero-order valence-electron chi connectivity index (χ0n) is 9.14. The first kappa shape index (κ1) is 12.5. The second-order valence-corrected chi connectivity index (χ2v) is 3.33. The van der Waals surface area contributed by atoms with Crippen LogP contribution in [0.2, 0.25) is 0 Å². The average Bonchev–Trinajstić information content (AvgIpc) is 2.14. The van der Waals surface area contributed by atoms with E-state index in [1.54, 1.807) is 0 Å². The summed E-state index contributed by atoms with van der Waals surface area (Å²) in [4.78, 5) is 2.39. The first-order valence-corrected chi connectivity index (χ1v) is 5.10. The Morgan fingerprint density at radius 2 is 2.00 bits per heavy atom. The van der Waals surface area contributed by atoms with Gasteiger partial charge in [-0.15, -0.1) is 6.42 Å². The van der Waals surface area contributed by atoms with Crippen molar-refractivity contribution in [2.24, 2.45) is 0 Å². The van der Waals surface area contributed by atoms with Crippen LogP contribution >= 0.6 is 0 Å². The van der Waals surface area contributed by atoms with Gasteiger partial charge in [-0.25, -0.2) is 0 Å². The summed E-state index contributed by atoms with van der Waals surface area (Å²) in [7, 11) is 2.18. The number of nitrogens with zero attached hydrogens (tertiary/aromatic N) is 1. The summed E-state index contributed by atoms with van der Waals surface area (Å²) in [5.41, 5.74) is 0. The van der Waals surface area contributed by atoms with Crippen molar-refractivity contribution in [1.29, 1.82) is 0 Å². The molecular formula is C11H22N2. The Kier molecular flexibility index (Phi) is 7.77. The largest absolute Gasteiger partial charge is 0.305 e. The van der Waals surface area contributed by atoms with E-state index in [1.807, 2.05) is 0 Å². The van der Waals surface area contributed by atoms with Gasteiger partial charge < -0.3 is 10.2 Å². The number of terminal acetylenes is 1. The molecule has 0 aliphatic carbocycles. The molecular weight excluding hydrogens is 160 g/mol. The van der Waals surface area contributed by atoms with Crippen molar-refractivity contribution >= 4 is 0 Å². The van der Waals surface area contributed by atoms with Gasteiger partial charge in [0.1, 0.15) is 0 Å². The summed E-state index contributed by atoms with van der Waals surface area (Å²) in [6, 6.07) is 0.715. The molecule has 2 nitrogen and oxygen atoms in total. The van der Waals surface area contributed by atoms with Crippen molar-refractivity contribution in [2.75, 3.05) is 26.7 Å². The van der Waals surface area contributed by atoms with E-state index in [4.69, 9.17) is 6.42 Å². The number of hydrogen-bond acceptors (Lipinski definition) is 2. The van der Waals surface area contributed by atoms with Crippen LogP contribution in [0.4, 0.5) is 0 Å². The van der Waals surface area contributed by atoms with E-state index >= 15 is 0 Å². The molecule has 0 amide bonds. The highest BCUT2D eigenvalue weighted by atomic mass is 15.1. The molecule has 0 heterocycles. The van der Waals surface area contributed by atoms with Crippen LogP contribution in [0.25, 0.3) is 0 Å². The molecule has 0 spiro atoms. The molecule has 0 aromatic carbocycles. The normalized spacial score (nSPS) is 10.8. The lowest BCUT2D eigenvalue weighted by molar-refractivity contribution is 0.231. The fourth-order valence-electron chi connectivity index (χ4n) is 1.51. The molecule has 0 saturated carbocycles. The van der Waals surface area contributed by atoms with Crippen molar-refractivity contribution in [3.8, 4) is 12.3 Å². The molecule has 0 unspecified atom stereocenters. The van der Waals surface area contributed by atoms with E-state index in [1.165, 1.54) is 12.8 Å². The van der Waals surface area contributed by atoms with Crippen LogP contribution in [-0.2, 0) is 0 Å². The zero-order valence-corrected chi connectivity index (χ0v) is 9.14. The molecule has 0 aromatic heterocycles. The monoisotopic (exact) mass is 182 g/mol. The Morgan fingerprint density at radius 1 is 1.38 bits per heavy atom. The van der Waals surface area contributed by atoms with Gasteiger partial charge in [-0.1, -0.05) is 19.8 Å². The Balaban J connectivity index is 3.49. The summed E-state index contributed by atoms with van der Waals surface area (Å²) >= 11 is 0. The third kappa shape index (κ3) is 5.68. The Morgan fingerprint density at radius 3 is 2.46 bits per heavy atom. The Hall–Kier alpha value is -0.520. The fraction of sp³-hybridized carbons (Fsp3) is 0.818. The van der Waals surface area contributed by atoms with Gasteiger partial charge in [0.15, 0.2) is 0 Å². The van der Waals surface area contributed by atoms with Gasteiger partial charge in [0.25, 0.3) is 0 Å². The van der Waals surface area contributed by atoms with Gasteiger partial charge in [0.05, 0.1) is 6.54 Å². The van der Waals surface area contributed by atoms with E-state index in [0.29, 0.717) is 12.6 Å². The number of rotatable bonds is 7. The van der Waals surface area contributed by atoms with Crippen molar-refractivity contribution in [3.63, 3.8) is 0 Å². The van der Waals surface area contributed by atoms with Gasteiger partial charge in [0, 0.05) is 19.1 Å². The smallest absolute Gasteiger partial charge is 0.0574 e. The fourth-order valence-corrected chi connectivity index (χ4v) is 1.51. The summed E-state index contributed by atoms with van der Waals surface area (Å²) in [6.07, 6.45) is 7.58. The highest BCUT2D eigenvalue weighted by Gasteiger charge is 2.08. The molecule has 0 saturated heterocycles. The molecule has 0 bridgehead atoms. The van der Waals surface area contributed by atoms with Gasteiger partial charge in [0.2, 0.25) is 0 Å². The molecule has 0 aromatic rings. The SMILES string of the molecule is C#CCNCCN(C)C(CC)CC. The van der Waals surface area contributed by atoms with Crippen molar-refractivity contribution < 1.29 is 0 Å². The van der Waals surface area contributed by atoms with Crippen LogP contribution in [0.5, 0.6) is 0 Å². The van der Waals surface area contributed by atoms with E-state index in [-0.39, 0.29) is 0 Å². The molecule has 76 valence electrons. The van der Waals surface area contributed by atoms with Crippen LogP contribution in [0, 0.1) is 12.3 Å². The second-order valence-electron chi connectivity index (χ2n) is 3.33. The van der Waals surface area contributed by atoms with E-state index in [0.717, 1.165) is 13.1 Å². The van der Waals surface area contributed by atoms with Crippen LogP contribution in [0.1, 0.15) is 26.7 Å². The summed E-state index contributed by atoms with van der Waals surface area (Å²) in [5.74, 6) is 2.57. The summed E-state index contributed by atoms with van der Waals surface area (Å²) in [6.45, 7) is 7.21. The standard InChI is InChI=1S/C11H22N2/c1-5-8-12-9-10-13(4)11(6-2)7-3/h1,11-12H,6-10H2,2-4H3. The molecule has 1 N–H and O–H groups in total. The Bertz CT molecular complexity index is 145.